The van der Waals surface area contributed by atoms with Gasteiger partial charge in [-0.2, -0.15) is 0 Å². The summed E-state index contributed by atoms with van der Waals surface area (Å²) in [5.74, 6) is -1.45. The van der Waals surface area contributed by atoms with Crippen LogP contribution in [0.15, 0.2) is 35.7 Å². The minimum absolute atomic E-state index is 0.180. The molecule has 0 saturated carbocycles. The van der Waals surface area contributed by atoms with Crippen molar-refractivity contribution in [3.05, 3.63) is 57.5 Å². The van der Waals surface area contributed by atoms with Crippen molar-refractivity contribution in [1.29, 1.82) is 0 Å². The summed E-state index contributed by atoms with van der Waals surface area (Å²) in [5.41, 5.74) is 0.0385. The molecular formula is C18H19FO3S. The number of ether oxygens (including phenoxy) is 1. The highest BCUT2D eigenvalue weighted by atomic mass is 32.1. The molecule has 2 aromatic rings. The van der Waals surface area contributed by atoms with Crippen molar-refractivity contribution < 1.29 is 19.0 Å². The molecule has 3 nitrogen and oxygen atoms in total. The van der Waals surface area contributed by atoms with Gasteiger partial charge in [-0.15, -0.1) is 11.3 Å². The Balaban J connectivity index is 2.10. The number of thiophene rings is 1. The van der Waals surface area contributed by atoms with Crippen LogP contribution in [0.4, 0.5) is 4.39 Å². The Morgan fingerprint density at radius 1 is 1.39 bits per heavy atom. The third kappa shape index (κ3) is 2.79. The number of aliphatic hydroxyl groups is 1. The molecule has 0 spiro atoms. The highest BCUT2D eigenvalue weighted by Gasteiger charge is 2.51. The molecule has 2 heterocycles. The first-order valence-corrected chi connectivity index (χ1v) is 8.57. The number of benzene rings is 1. The van der Waals surface area contributed by atoms with Gasteiger partial charge in [0.2, 0.25) is 0 Å². The Kier molecular flexibility index (Phi) is 4.25. The summed E-state index contributed by atoms with van der Waals surface area (Å²) in [6, 6.07) is 7.56. The second-order valence-electron chi connectivity index (χ2n) is 6.02. The van der Waals surface area contributed by atoms with Crippen molar-refractivity contribution in [3.8, 4) is 0 Å². The van der Waals surface area contributed by atoms with Crippen LogP contribution in [0.1, 0.15) is 35.8 Å². The fraction of sp³-hybridized carbons (Fsp3) is 0.389. The van der Waals surface area contributed by atoms with E-state index in [1.54, 1.807) is 0 Å². The zero-order valence-electron chi connectivity index (χ0n) is 13.1. The third-order valence-electron chi connectivity index (χ3n) is 4.42. The molecule has 23 heavy (non-hydrogen) atoms. The molecule has 1 fully saturated rings. The van der Waals surface area contributed by atoms with Crippen LogP contribution in [-0.4, -0.2) is 17.2 Å². The topological polar surface area (TPSA) is 46.5 Å². The number of aryl methyl sites for hydroxylation is 1. The molecule has 3 atom stereocenters. The zero-order valence-corrected chi connectivity index (χ0v) is 13.9. The van der Waals surface area contributed by atoms with Crippen LogP contribution in [0.2, 0.25) is 0 Å². The average Bonchev–Trinajstić information content (AvgIpc) is 3.13. The van der Waals surface area contributed by atoms with Crippen LogP contribution in [0.3, 0.4) is 0 Å². The van der Waals surface area contributed by atoms with E-state index in [-0.39, 0.29) is 11.9 Å². The summed E-state index contributed by atoms with van der Waals surface area (Å²) in [6.07, 6.45) is 0.992. The second kappa shape index (κ2) is 6.06. The van der Waals surface area contributed by atoms with Gasteiger partial charge in [0.1, 0.15) is 17.5 Å². The molecule has 1 aromatic carbocycles. The molecule has 0 bridgehead atoms. The quantitative estimate of drug-likeness (QED) is 0.866. The third-order valence-corrected chi connectivity index (χ3v) is 5.59. The molecule has 3 unspecified atom stereocenters. The lowest BCUT2D eigenvalue weighted by Crippen LogP contribution is -2.38. The Hall–Kier alpha value is -1.72. The van der Waals surface area contributed by atoms with E-state index in [0.717, 1.165) is 5.56 Å². The van der Waals surface area contributed by atoms with Crippen LogP contribution >= 0.6 is 11.3 Å². The van der Waals surface area contributed by atoms with Crippen LogP contribution in [-0.2, 0) is 15.1 Å². The Morgan fingerprint density at radius 3 is 2.61 bits per heavy atom. The van der Waals surface area contributed by atoms with Crippen molar-refractivity contribution in [2.24, 2.45) is 5.92 Å². The first-order chi connectivity index (χ1) is 10.9. The normalized spacial score (nSPS) is 23.6. The monoisotopic (exact) mass is 334 g/mol. The lowest BCUT2D eigenvalue weighted by molar-refractivity contribution is -0.149. The van der Waals surface area contributed by atoms with E-state index >= 15 is 0 Å². The smallest absolute Gasteiger partial charge is 0.313 e. The largest absolute Gasteiger partial charge is 0.462 e. The number of carbonyl (C=O) groups is 1. The number of hydrogen-bond acceptors (Lipinski definition) is 4. The van der Waals surface area contributed by atoms with E-state index in [1.807, 2.05) is 25.3 Å². The van der Waals surface area contributed by atoms with E-state index < -0.39 is 17.5 Å². The van der Waals surface area contributed by atoms with Gasteiger partial charge in [-0.1, -0.05) is 19.1 Å². The van der Waals surface area contributed by atoms with Gasteiger partial charge in [-0.25, -0.2) is 4.39 Å². The van der Waals surface area contributed by atoms with E-state index in [4.69, 9.17) is 4.74 Å². The summed E-state index contributed by atoms with van der Waals surface area (Å²) in [4.78, 5) is 13.0. The number of esters is 1. The predicted molar refractivity (Wildman–Crippen MR) is 86.7 cm³/mol. The van der Waals surface area contributed by atoms with Crippen LogP contribution in [0.5, 0.6) is 0 Å². The lowest BCUT2D eigenvalue weighted by Gasteiger charge is -2.31. The molecule has 3 rings (SSSR count). The molecule has 1 saturated heterocycles. The van der Waals surface area contributed by atoms with Crippen LogP contribution in [0.25, 0.3) is 0 Å². The molecular weight excluding hydrogens is 315 g/mol. The molecule has 1 aromatic heterocycles. The van der Waals surface area contributed by atoms with Crippen LogP contribution in [0, 0.1) is 18.7 Å². The summed E-state index contributed by atoms with van der Waals surface area (Å²) in [5, 5.41) is 13.5. The highest BCUT2D eigenvalue weighted by molar-refractivity contribution is 7.10. The van der Waals surface area contributed by atoms with Crippen molar-refractivity contribution >= 4 is 17.3 Å². The standard InChI is InChI=1S/C18H19FO3S/c1-3-14-9-15(17(20)22-14)18(21,16-8-11(2)10-23-16)12-4-6-13(19)7-5-12/h4-8,10,14-15,21H,3,9H2,1-2H3. The minimum Gasteiger partial charge on any atom is -0.462 e. The van der Waals surface area contributed by atoms with Crippen molar-refractivity contribution in [1.82, 2.24) is 0 Å². The maximum atomic E-state index is 13.3. The van der Waals surface area contributed by atoms with Gasteiger partial charge in [0, 0.05) is 11.3 Å². The second-order valence-corrected chi connectivity index (χ2v) is 6.93. The fourth-order valence-electron chi connectivity index (χ4n) is 3.10. The summed E-state index contributed by atoms with van der Waals surface area (Å²) in [7, 11) is 0. The summed E-state index contributed by atoms with van der Waals surface area (Å²) < 4.78 is 18.7. The van der Waals surface area contributed by atoms with Crippen LogP contribution < -0.4 is 0 Å². The fourth-order valence-corrected chi connectivity index (χ4v) is 4.17. The Labute approximate surface area is 138 Å². The van der Waals surface area contributed by atoms with E-state index in [1.165, 1.54) is 35.6 Å². The van der Waals surface area contributed by atoms with Gasteiger partial charge in [0.25, 0.3) is 0 Å². The number of halogens is 1. The Morgan fingerprint density at radius 2 is 2.09 bits per heavy atom. The maximum Gasteiger partial charge on any atom is 0.313 e. The van der Waals surface area contributed by atoms with E-state index in [0.29, 0.717) is 23.3 Å². The van der Waals surface area contributed by atoms with Crippen molar-refractivity contribution in [2.45, 2.75) is 38.4 Å². The molecule has 0 radical (unpaired) electrons. The zero-order chi connectivity index (χ0) is 16.6. The molecule has 1 aliphatic heterocycles. The van der Waals surface area contributed by atoms with Crippen molar-refractivity contribution in [2.75, 3.05) is 0 Å². The highest BCUT2D eigenvalue weighted by Crippen LogP contribution is 2.45. The molecule has 0 aliphatic carbocycles. The molecule has 5 heteroatoms. The number of hydrogen-bond donors (Lipinski definition) is 1. The first-order valence-electron chi connectivity index (χ1n) is 7.69. The lowest BCUT2D eigenvalue weighted by atomic mass is 9.78. The molecule has 122 valence electrons. The number of carbonyl (C=O) groups excluding carboxylic acids is 1. The summed E-state index contributed by atoms with van der Waals surface area (Å²) in [6.45, 7) is 3.89. The summed E-state index contributed by atoms with van der Waals surface area (Å²) >= 11 is 1.40. The number of cyclic esters (lactones) is 1. The van der Waals surface area contributed by atoms with E-state index in [9.17, 15) is 14.3 Å². The van der Waals surface area contributed by atoms with Gasteiger partial charge in [0.05, 0.1) is 5.92 Å². The van der Waals surface area contributed by atoms with E-state index in [2.05, 4.69) is 0 Å². The first kappa shape index (κ1) is 16.1. The number of rotatable bonds is 4. The Bertz CT molecular complexity index is 709. The average molecular weight is 334 g/mol. The van der Waals surface area contributed by atoms with Gasteiger partial charge in [-0.3, -0.25) is 4.79 Å². The minimum atomic E-state index is -1.49. The van der Waals surface area contributed by atoms with Gasteiger partial charge >= 0.3 is 5.97 Å². The van der Waals surface area contributed by atoms with Crippen molar-refractivity contribution in [3.63, 3.8) is 0 Å². The van der Waals surface area contributed by atoms with Gasteiger partial charge in [-0.05, 0) is 48.1 Å². The molecule has 1 N–H and O–H groups in total. The van der Waals surface area contributed by atoms with Gasteiger partial charge < -0.3 is 9.84 Å². The molecule has 1 aliphatic rings. The van der Waals surface area contributed by atoms with Gasteiger partial charge in [0.15, 0.2) is 0 Å². The molecule has 0 amide bonds. The predicted octanol–water partition coefficient (Wildman–Crippen LogP) is 3.77. The SMILES string of the molecule is CCC1CC(C(O)(c2ccc(F)cc2)c2cc(C)cs2)C(=O)O1. The maximum absolute atomic E-state index is 13.3.